The lowest BCUT2D eigenvalue weighted by Crippen LogP contribution is -2.37. The molecule has 2 aliphatic heterocycles. The van der Waals surface area contributed by atoms with E-state index in [1.54, 1.807) is 11.1 Å². The predicted octanol–water partition coefficient (Wildman–Crippen LogP) is 2.88. The maximum absolute atomic E-state index is 12.9. The summed E-state index contributed by atoms with van der Waals surface area (Å²) in [6, 6.07) is 13.2. The van der Waals surface area contributed by atoms with Gasteiger partial charge in [-0.1, -0.05) is 18.2 Å². The van der Waals surface area contributed by atoms with Gasteiger partial charge in [-0.15, -0.1) is 0 Å². The average Bonchev–Trinajstić information content (AvgIpc) is 3.31. The van der Waals surface area contributed by atoms with Gasteiger partial charge in [0.15, 0.2) is 0 Å². The van der Waals surface area contributed by atoms with E-state index in [4.69, 9.17) is 4.74 Å². The highest BCUT2D eigenvalue weighted by Crippen LogP contribution is 2.28. The first-order valence-corrected chi connectivity index (χ1v) is 9.82. The fourth-order valence-electron chi connectivity index (χ4n) is 3.63. The van der Waals surface area contributed by atoms with E-state index >= 15 is 0 Å². The molecule has 0 saturated carbocycles. The van der Waals surface area contributed by atoms with Crippen LogP contribution in [0.3, 0.4) is 0 Å². The molecular formula is C20H20BrN3O3. The highest BCUT2D eigenvalue weighted by molar-refractivity contribution is 9.10. The van der Waals surface area contributed by atoms with Crippen molar-refractivity contribution in [2.24, 2.45) is 5.92 Å². The maximum Gasteiger partial charge on any atom is 0.228 e. The number of nitrogens with zero attached hydrogens (tertiary/aromatic N) is 3. The Balaban J connectivity index is 1.37. The van der Waals surface area contributed by atoms with Crippen LogP contribution in [0.1, 0.15) is 12.8 Å². The molecule has 1 aromatic carbocycles. The van der Waals surface area contributed by atoms with Crippen molar-refractivity contribution >= 4 is 33.4 Å². The van der Waals surface area contributed by atoms with Crippen LogP contribution in [0.15, 0.2) is 53.1 Å². The summed E-state index contributed by atoms with van der Waals surface area (Å²) in [5.74, 6) is 0.290. The Hall–Kier alpha value is -2.41. The van der Waals surface area contributed by atoms with E-state index in [2.05, 4.69) is 20.9 Å². The zero-order valence-electron chi connectivity index (χ0n) is 14.8. The number of carbonyl (C=O) groups excluding carboxylic acids is 2. The molecule has 6 nitrogen and oxygen atoms in total. The molecule has 2 aromatic rings. The number of hydrogen-bond acceptors (Lipinski definition) is 4. The van der Waals surface area contributed by atoms with Gasteiger partial charge >= 0.3 is 0 Å². The standard InChI is InChI=1S/C20H20BrN3O3/c21-17-7-4-9-22-19(17)27-16-8-10-23(13-16)20(26)14-11-18(25)24(12-14)15-5-2-1-3-6-15/h1-7,9,14,16H,8,10-13H2. The third-order valence-electron chi connectivity index (χ3n) is 5.00. The van der Waals surface area contributed by atoms with Gasteiger partial charge in [-0.05, 0) is 40.2 Å². The van der Waals surface area contributed by atoms with E-state index in [1.807, 2.05) is 47.4 Å². The van der Waals surface area contributed by atoms with E-state index in [-0.39, 0.29) is 30.3 Å². The van der Waals surface area contributed by atoms with Gasteiger partial charge in [-0.3, -0.25) is 9.59 Å². The Kier molecular flexibility index (Phi) is 5.11. The van der Waals surface area contributed by atoms with Crippen molar-refractivity contribution in [1.82, 2.24) is 9.88 Å². The zero-order valence-corrected chi connectivity index (χ0v) is 16.3. The molecule has 1 aromatic heterocycles. The van der Waals surface area contributed by atoms with E-state index in [1.165, 1.54) is 0 Å². The fourth-order valence-corrected chi connectivity index (χ4v) is 3.98. The number of ether oxygens (including phenoxy) is 1. The monoisotopic (exact) mass is 429 g/mol. The van der Waals surface area contributed by atoms with Gasteiger partial charge in [0.1, 0.15) is 6.10 Å². The maximum atomic E-state index is 12.9. The summed E-state index contributed by atoms with van der Waals surface area (Å²) in [4.78, 5) is 33.0. The molecule has 2 unspecified atom stereocenters. The van der Waals surface area contributed by atoms with Crippen LogP contribution < -0.4 is 9.64 Å². The molecule has 2 saturated heterocycles. The number of aromatic nitrogens is 1. The number of para-hydroxylation sites is 1. The van der Waals surface area contributed by atoms with Crippen molar-refractivity contribution in [2.75, 3.05) is 24.5 Å². The molecular weight excluding hydrogens is 410 g/mol. The normalized spacial score (nSPS) is 22.3. The number of benzene rings is 1. The first-order valence-electron chi connectivity index (χ1n) is 9.03. The number of likely N-dealkylation sites (tertiary alicyclic amines) is 1. The molecule has 3 heterocycles. The fraction of sp³-hybridized carbons (Fsp3) is 0.350. The summed E-state index contributed by atoms with van der Waals surface area (Å²) in [5.41, 5.74) is 0.848. The minimum absolute atomic E-state index is 0.00367. The highest BCUT2D eigenvalue weighted by atomic mass is 79.9. The van der Waals surface area contributed by atoms with Crippen molar-refractivity contribution in [3.05, 3.63) is 53.1 Å². The summed E-state index contributed by atoms with van der Waals surface area (Å²) >= 11 is 3.43. The Morgan fingerprint density at radius 1 is 1.15 bits per heavy atom. The molecule has 0 radical (unpaired) electrons. The summed E-state index contributed by atoms with van der Waals surface area (Å²) in [6.07, 6.45) is 2.63. The second kappa shape index (κ2) is 7.68. The van der Waals surface area contributed by atoms with Crippen LogP contribution in [-0.4, -0.2) is 47.4 Å². The van der Waals surface area contributed by atoms with Crippen LogP contribution in [-0.2, 0) is 9.59 Å². The molecule has 2 amide bonds. The lowest BCUT2D eigenvalue weighted by molar-refractivity contribution is -0.135. The molecule has 0 spiro atoms. The van der Waals surface area contributed by atoms with Gasteiger partial charge in [-0.2, -0.15) is 0 Å². The van der Waals surface area contributed by atoms with E-state index in [0.29, 0.717) is 25.5 Å². The Morgan fingerprint density at radius 2 is 1.96 bits per heavy atom. The van der Waals surface area contributed by atoms with Crippen LogP contribution in [0.5, 0.6) is 5.88 Å². The van der Waals surface area contributed by atoms with Crippen LogP contribution in [0.4, 0.5) is 5.69 Å². The van der Waals surface area contributed by atoms with Crippen molar-refractivity contribution < 1.29 is 14.3 Å². The molecule has 7 heteroatoms. The highest BCUT2D eigenvalue weighted by Gasteiger charge is 2.39. The van der Waals surface area contributed by atoms with E-state index < -0.39 is 0 Å². The molecule has 0 N–H and O–H groups in total. The van der Waals surface area contributed by atoms with Gasteiger partial charge in [-0.25, -0.2) is 4.98 Å². The van der Waals surface area contributed by atoms with Crippen LogP contribution in [0, 0.1) is 5.92 Å². The summed E-state index contributed by atoms with van der Waals surface area (Å²) in [6.45, 7) is 1.61. The van der Waals surface area contributed by atoms with Gasteiger partial charge in [0.2, 0.25) is 17.7 Å². The molecule has 0 aliphatic carbocycles. The number of anilines is 1. The number of hydrogen-bond donors (Lipinski definition) is 0. The van der Waals surface area contributed by atoms with Crippen molar-refractivity contribution in [3.8, 4) is 5.88 Å². The summed E-state index contributed by atoms with van der Waals surface area (Å²) in [7, 11) is 0. The van der Waals surface area contributed by atoms with Gasteiger partial charge in [0.25, 0.3) is 0 Å². The van der Waals surface area contributed by atoms with Crippen molar-refractivity contribution in [3.63, 3.8) is 0 Å². The summed E-state index contributed by atoms with van der Waals surface area (Å²) in [5, 5.41) is 0. The topological polar surface area (TPSA) is 62.7 Å². The first kappa shape index (κ1) is 18.0. The van der Waals surface area contributed by atoms with Crippen molar-refractivity contribution in [2.45, 2.75) is 18.9 Å². The van der Waals surface area contributed by atoms with Crippen LogP contribution in [0.2, 0.25) is 0 Å². The molecule has 140 valence electrons. The Bertz CT molecular complexity index is 845. The first-order chi connectivity index (χ1) is 13.1. The number of pyridine rings is 1. The average molecular weight is 430 g/mol. The SMILES string of the molecule is O=C(C1CC(=O)N(c2ccccc2)C1)N1CCC(Oc2ncccc2Br)C1. The Labute approximate surface area is 166 Å². The number of rotatable bonds is 4. The molecule has 2 fully saturated rings. The lowest BCUT2D eigenvalue weighted by Gasteiger charge is -2.21. The van der Waals surface area contributed by atoms with E-state index in [9.17, 15) is 9.59 Å². The second-order valence-electron chi connectivity index (χ2n) is 6.84. The lowest BCUT2D eigenvalue weighted by atomic mass is 10.1. The number of carbonyl (C=O) groups is 2. The van der Waals surface area contributed by atoms with Crippen LogP contribution >= 0.6 is 15.9 Å². The third kappa shape index (κ3) is 3.83. The molecule has 2 atom stereocenters. The largest absolute Gasteiger partial charge is 0.472 e. The predicted molar refractivity (Wildman–Crippen MR) is 104 cm³/mol. The smallest absolute Gasteiger partial charge is 0.228 e. The van der Waals surface area contributed by atoms with E-state index in [0.717, 1.165) is 16.6 Å². The number of amides is 2. The summed E-state index contributed by atoms with van der Waals surface area (Å²) < 4.78 is 6.73. The van der Waals surface area contributed by atoms with Gasteiger partial charge in [0.05, 0.1) is 16.9 Å². The quantitative estimate of drug-likeness (QED) is 0.749. The zero-order chi connectivity index (χ0) is 18.8. The van der Waals surface area contributed by atoms with Crippen LogP contribution in [0.25, 0.3) is 0 Å². The number of halogens is 1. The third-order valence-corrected chi connectivity index (χ3v) is 5.61. The van der Waals surface area contributed by atoms with Gasteiger partial charge in [0, 0.05) is 37.8 Å². The minimum Gasteiger partial charge on any atom is -0.472 e. The minimum atomic E-state index is -0.293. The molecule has 0 bridgehead atoms. The van der Waals surface area contributed by atoms with Crippen molar-refractivity contribution in [1.29, 1.82) is 0 Å². The molecule has 2 aliphatic rings. The second-order valence-corrected chi connectivity index (χ2v) is 7.70. The van der Waals surface area contributed by atoms with Gasteiger partial charge < -0.3 is 14.5 Å². The Morgan fingerprint density at radius 3 is 2.74 bits per heavy atom. The molecule has 4 rings (SSSR count). The molecule has 27 heavy (non-hydrogen) atoms.